The minimum absolute atomic E-state index is 0.0610. The minimum Gasteiger partial charge on any atom is -0.486 e. The second-order valence-corrected chi connectivity index (χ2v) is 5.65. The Balaban J connectivity index is 1.55. The van der Waals surface area contributed by atoms with E-state index in [2.05, 4.69) is 15.6 Å². The number of hydrogen-bond donors (Lipinski definition) is 2. The van der Waals surface area contributed by atoms with Crippen molar-refractivity contribution < 1.29 is 32.3 Å². The lowest BCUT2D eigenvalue weighted by Crippen LogP contribution is -2.41. The van der Waals surface area contributed by atoms with Gasteiger partial charge in [-0.3, -0.25) is 20.4 Å². The van der Waals surface area contributed by atoms with Crippen LogP contribution in [0, 0.1) is 0 Å². The Morgan fingerprint density at radius 1 is 0.897 bits per heavy atom. The molecule has 0 radical (unpaired) electrons. The van der Waals surface area contributed by atoms with Crippen LogP contribution in [0.1, 0.15) is 26.7 Å². The van der Waals surface area contributed by atoms with Crippen LogP contribution in [0.25, 0.3) is 0 Å². The van der Waals surface area contributed by atoms with E-state index in [4.69, 9.17) is 9.15 Å². The quantitative estimate of drug-likeness (QED) is 0.590. The normalized spacial score (nSPS) is 10.4. The number of benzene rings is 2. The van der Waals surface area contributed by atoms with Crippen LogP contribution in [0.15, 0.2) is 71.1 Å². The van der Waals surface area contributed by atoms with E-state index in [-0.39, 0.29) is 23.7 Å². The number of rotatable bonds is 7. The minimum atomic E-state index is -3.09. The Morgan fingerprint density at radius 2 is 1.59 bits per heavy atom. The summed E-state index contributed by atoms with van der Waals surface area (Å²) < 4.78 is 40.0. The van der Waals surface area contributed by atoms with E-state index in [9.17, 15) is 18.4 Å². The summed E-state index contributed by atoms with van der Waals surface area (Å²) in [7, 11) is 0. The third-order valence-electron chi connectivity index (χ3n) is 3.65. The first-order valence-corrected chi connectivity index (χ1v) is 8.44. The largest absolute Gasteiger partial charge is 0.486 e. The molecule has 0 aliphatic carbocycles. The molecule has 3 rings (SSSR count). The molecule has 150 valence electrons. The zero-order valence-corrected chi connectivity index (χ0v) is 14.9. The van der Waals surface area contributed by atoms with Gasteiger partial charge in [0, 0.05) is 0 Å². The molecular formula is C20H16F2N2O5. The molecule has 0 unspecified atom stereocenters. The standard InChI is InChI=1S/C20H16F2N2O5/c21-20(22)29-16-9-5-4-8-15(16)18(25)23-24-19(26)17-11-10-14(28-17)12-27-13-6-2-1-3-7-13/h1-11,20H,12H2,(H,23,25)(H,24,26). The monoisotopic (exact) mass is 402 g/mol. The van der Waals surface area contributed by atoms with Crippen molar-refractivity contribution in [3.8, 4) is 11.5 Å². The summed E-state index contributed by atoms with van der Waals surface area (Å²) in [6, 6.07) is 17.4. The molecule has 1 heterocycles. The summed E-state index contributed by atoms with van der Waals surface area (Å²) in [6.45, 7) is -2.97. The highest BCUT2D eigenvalue weighted by molar-refractivity contribution is 5.99. The maximum atomic E-state index is 12.4. The van der Waals surface area contributed by atoms with Gasteiger partial charge in [0.1, 0.15) is 23.9 Å². The Hall–Kier alpha value is -3.88. The number of hydrazine groups is 1. The van der Waals surface area contributed by atoms with E-state index in [1.807, 2.05) is 18.2 Å². The number of halogens is 2. The molecule has 0 saturated heterocycles. The summed E-state index contributed by atoms with van der Waals surface area (Å²) in [5, 5.41) is 0. The predicted octanol–water partition coefficient (Wildman–Crippen LogP) is 3.53. The van der Waals surface area contributed by atoms with Gasteiger partial charge >= 0.3 is 12.5 Å². The molecule has 0 fully saturated rings. The van der Waals surface area contributed by atoms with E-state index in [0.29, 0.717) is 11.5 Å². The molecule has 2 aromatic carbocycles. The zero-order valence-electron chi connectivity index (χ0n) is 14.9. The van der Waals surface area contributed by atoms with Crippen molar-refractivity contribution in [2.75, 3.05) is 0 Å². The van der Waals surface area contributed by atoms with E-state index in [0.717, 1.165) is 0 Å². The van der Waals surface area contributed by atoms with Gasteiger partial charge in [-0.25, -0.2) is 0 Å². The highest BCUT2D eigenvalue weighted by Gasteiger charge is 2.17. The second kappa shape index (κ2) is 9.36. The first-order chi connectivity index (χ1) is 14.0. The van der Waals surface area contributed by atoms with Crippen molar-refractivity contribution in [2.45, 2.75) is 13.2 Å². The number of hydrogen-bond acceptors (Lipinski definition) is 5. The van der Waals surface area contributed by atoms with Crippen molar-refractivity contribution >= 4 is 11.8 Å². The molecule has 0 aliphatic rings. The Kier molecular flexibility index (Phi) is 6.41. The lowest BCUT2D eigenvalue weighted by atomic mass is 10.2. The Morgan fingerprint density at radius 3 is 2.34 bits per heavy atom. The van der Waals surface area contributed by atoms with E-state index in [1.165, 1.54) is 30.3 Å². The summed E-state index contributed by atoms with van der Waals surface area (Å²) in [5.74, 6) is -0.875. The van der Waals surface area contributed by atoms with Crippen LogP contribution >= 0.6 is 0 Å². The number of alkyl halides is 2. The van der Waals surface area contributed by atoms with Gasteiger partial charge in [0.15, 0.2) is 5.76 Å². The van der Waals surface area contributed by atoms with Gasteiger partial charge in [-0.05, 0) is 36.4 Å². The molecule has 1 aromatic heterocycles. The zero-order chi connectivity index (χ0) is 20.6. The summed E-state index contributed by atoms with van der Waals surface area (Å²) in [4.78, 5) is 24.3. The smallest absolute Gasteiger partial charge is 0.387 e. The van der Waals surface area contributed by atoms with Gasteiger partial charge in [-0.1, -0.05) is 30.3 Å². The fraction of sp³-hybridized carbons (Fsp3) is 0.100. The molecule has 9 heteroatoms. The van der Waals surface area contributed by atoms with Crippen LogP contribution < -0.4 is 20.3 Å². The number of para-hydroxylation sites is 2. The van der Waals surface area contributed by atoms with Crippen LogP contribution in [0.3, 0.4) is 0 Å². The highest BCUT2D eigenvalue weighted by atomic mass is 19.3. The molecular weight excluding hydrogens is 386 g/mol. The number of ether oxygens (including phenoxy) is 2. The average Bonchev–Trinajstić information content (AvgIpc) is 3.20. The maximum Gasteiger partial charge on any atom is 0.387 e. The molecule has 2 amide bonds. The lowest BCUT2D eigenvalue weighted by Gasteiger charge is -2.11. The van der Waals surface area contributed by atoms with E-state index >= 15 is 0 Å². The number of carbonyl (C=O) groups excluding carboxylic acids is 2. The van der Waals surface area contributed by atoms with Gasteiger partial charge in [-0.2, -0.15) is 8.78 Å². The number of carbonyl (C=O) groups is 2. The third kappa shape index (κ3) is 5.55. The molecule has 2 N–H and O–H groups in total. The van der Waals surface area contributed by atoms with Crippen LogP contribution in [0.4, 0.5) is 8.78 Å². The number of amides is 2. The van der Waals surface area contributed by atoms with E-state index in [1.54, 1.807) is 18.2 Å². The van der Waals surface area contributed by atoms with Crippen LogP contribution in [-0.2, 0) is 6.61 Å². The molecule has 0 atom stereocenters. The average molecular weight is 402 g/mol. The van der Waals surface area contributed by atoms with Crippen molar-refractivity contribution in [3.63, 3.8) is 0 Å². The molecule has 29 heavy (non-hydrogen) atoms. The summed E-state index contributed by atoms with van der Waals surface area (Å²) in [5.41, 5.74) is 4.11. The summed E-state index contributed by atoms with van der Waals surface area (Å²) >= 11 is 0. The summed E-state index contributed by atoms with van der Waals surface area (Å²) in [6.07, 6.45) is 0. The van der Waals surface area contributed by atoms with Gasteiger partial charge in [-0.15, -0.1) is 0 Å². The van der Waals surface area contributed by atoms with Crippen LogP contribution in [0.2, 0.25) is 0 Å². The fourth-order valence-corrected chi connectivity index (χ4v) is 2.34. The number of nitrogens with one attached hydrogen (secondary N) is 2. The fourth-order valence-electron chi connectivity index (χ4n) is 2.34. The second-order valence-electron chi connectivity index (χ2n) is 5.65. The Bertz CT molecular complexity index is 976. The Labute approximate surface area is 164 Å². The molecule has 0 bridgehead atoms. The predicted molar refractivity (Wildman–Crippen MR) is 97.5 cm³/mol. The molecule has 3 aromatic rings. The third-order valence-corrected chi connectivity index (χ3v) is 3.65. The van der Waals surface area contributed by atoms with Crippen LogP contribution in [-0.4, -0.2) is 18.4 Å². The van der Waals surface area contributed by atoms with Gasteiger partial charge in [0.25, 0.3) is 5.91 Å². The van der Waals surface area contributed by atoms with Crippen LogP contribution in [0.5, 0.6) is 11.5 Å². The van der Waals surface area contributed by atoms with Gasteiger partial charge in [0.05, 0.1) is 5.56 Å². The van der Waals surface area contributed by atoms with Gasteiger partial charge < -0.3 is 13.9 Å². The number of furan rings is 1. The topological polar surface area (TPSA) is 89.8 Å². The highest BCUT2D eigenvalue weighted by Crippen LogP contribution is 2.20. The molecule has 0 saturated carbocycles. The molecule has 0 aliphatic heterocycles. The molecule has 7 nitrogen and oxygen atoms in total. The first-order valence-electron chi connectivity index (χ1n) is 8.44. The van der Waals surface area contributed by atoms with Crippen molar-refractivity contribution in [1.82, 2.24) is 10.9 Å². The van der Waals surface area contributed by atoms with Crippen molar-refractivity contribution in [1.29, 1.82) is 0 Å². The lowest BCUT2D eigenvalue weighted by molar-refractivity contribution is -0.0501. The maximum absolute atomic E-state index is 12.4. The SMILES string of the molecule is O=C(NNC(=O)c1ccccc1OC(F)F)c1ccc(COc2ccccc2)o1. The molecule has 0 spiro atoms. The van der Waals surface area contributed by atoms with Gasteiger partial charge in [0.2, 0.25) is 0 Å². The first kappa shape index (κ1) is 19.9. The van der Waals surface area contributed by atoms with E-state index < -0.39 is 18.4 Å². The van der Waals surface area contributed by atoms with Crippen molar-refractivity contribution in [2.24, 2.45) is 0 Å². The van der Waals surface area contributed by atoms with Crippen molar-refractivity contribution in [3.05, 3.63) is 83.8 Å².